The molecule has 1 aliphatic heterocycles. The van der Waals surface area contributed by atoms with Crippen LogP contribution in [0.1, 0.15) is 12.1 Å². The number of imidazole rings is 1. The number of aromatic nitrogens is 2. The molecule has 3 nitrogen and oxygen atoms in total. The van der Waals surface area contributed by atoms with Crippen LogP contribution in [-0.2, 0) is 17.7 Å². The summed E-state index contributed by atoms with van der Waals surface area (Å²) in [5, 5.41) is 0. The summed E-state index contributed by atoms with van der Waals surface area (Å²) < 4.78 is 7.43. The van der Waals surface area contributed by atoms with Crippen LogP contribution in [0, 0.1) is 0 Å². The molecule has 1 aromatic rings. The Morgan fingerprint density at radius 1 is 1.73 bits per heavy atom. The van der Waals surface area contributed by atoms with Gasteiger partial charge in [-0.05, 0) is 12.8 Å². The number of hydrogen-bond donors (Lipinski definition) is 0. The molecule has 1 aliphatic rings. The summed E-state index contributed by atoms with van der Waals surface area (Å²) in [6.07, 6.45) is 6.42. The van der Waals surface area contributed by atoms with Gasteiger partial charge in [0.25, 0.3) is 0 Å². The zero-order valence-electron chi connectivity index (χ0n) is 6.66. The van der Waals surface area contributed by atoms with E-state index in [2.05, 4.69) is 9.55 Å². The number of aryl methyl sites for hydroxylation is 1. The number of ether oxygens (including phenoxy) is 1. The Labute approximate surface area is 66.0 Å². The van der Waals surface area contributed by atoms with Gasteiger partial charge in [-0.15, -0.1) is 0 Å². The van der Waals surface area contributed by atoms with Gasteiger partial charge in [-0.3, -0.25) is 0 Å². The predicted octanol–water partition coefficient (Wildman–Crippen LogP) is 0.844. The van der Waals surface area contributed by atoms with Crippen molar-refractivity contribution >= 4 is 0 Å². The lowest BCUT2D eigenvalue weighted by Gasteiger charge is -2.22. The van der Waals surface area contributed by atoms with Crippen LogP contribution in [0.2, 0.25) is 0 Å². The van der Waals surface area contributed by atoms with Crippen molar-refractivity contribution in [2.24, 2.45) is 0 Å². The molecule has 3 heteroatoms. The van der Waals surface area contributed by atoms with Gasteiger partial charge in [0.15, 0.2) is 0 Å². The van der Waals surface area contributed by atoms with Crippen LogP contribution in [-0.4, -0.2) is 22.8 Å². The molecular weight excluding hydrogens is 140 g/mol. The molecule has 0 fully saturated rings. The maximum atomic E-state index is 5.27. The summed E-state index contributed by atoms with van der Waals surface area (Å²) in [5.41, 5.74) is 1.33. The standard InChI is InChI=1S/C8H12N2O/c1-11-8-3-2-7-4-9-6-10(7)5-8/h4,6,8H,2-3,5H2,1H3. The topological polar surface area (TPSA) is 27.1 Å². The zero-order valence-corrected chi connectivity index (χ0v) is 6.66. The first kappa shape index (κ1) is 6.85. The Hall–Kier alpha value is -0.830. The molecule has 2 rings (SSSR count). The molecule has 0 N–H and O–H groups in total. The molecule has 1 unspecified atom stereocenters. The van der Waals surface area contributed by atoms with E-state index in [-0.39, 0.29) is 0 Å². The summed E-state index contributed by atoms with van der Waals surface area (Å²) in [7, 11) is 1.77. The zero-order chi connectivity index (χ0) is 7.68. The molecule has 0 aliphatic carbocycles. The van der Waals surface area contributed by atoms with Crippen LogP contribution in [0.4, 0.5) is 0 Å². The lowest BCUT2D eigenvalue weighted by Crippen LogP contribution is -2.25. The number of rotatable bonds is 1. The summed E-state index contributed by atoms with van der Waals surface area (Å²) in [5.74, 6) is 0. The Kier molecular flexibility index (Phi) is 1.66. The van der Waals surface area contributed by atoms with Gasteiger partial charge in [0.05, 0.1) is 19.0 Å². The van der Waals surface area contributed by atoms with Gasteiger partial charge in [-0.25, -0.2) is 4.98 Å². The van der Waals surface area contributed by atoms with Crippen LogP contribution in [0.3, 0.4) is 0 Å². The molecule has 0 aromatic carbocycles. The van der Waals surface area contributed by atoms with Gasteiger partial charge in [0, 0.05) is 19.0 Å². The maximum Gasteiger partial charge on any atom is 0.0949 e. The average Bonchev–Trinajstić information content (AvgIpc) is 2.50. The van der Waals surface area contributed by atoms with Gasteiger partial charge >= 0.3 is 0 Å². The van der Waals surface area contributed by atoms with Crippen LogP contribution in [0.25, 0.3) is 0 Å². The number of methoxy groups -OCH3 is 1. The van der Waals surface area contributed by atoms with E-state index < -0.39 is 0 Å². The van der Waals surface area contributed by atoms with Crippen molar-refractivity contribution < 1.29 is 4.74 Å². The number of hydrogen-bond acceptors (Lipinski definition) is 2. The molecule has 0 amide bonds. The Bertz CT molecular complexity index is 244. The second-order valence-corrected chi connectivity index (χ2v) is 2.93. The second-order valence-electron chi connectivity index (χ2n) is 2.93. The van der Waals surface area contributed by atoms with E-state index in [1.165, 1.54) is 5.69 Å². The smallest absolute Gasteiger partial charge is 0.0949 e. The fourth-order valence-electron chi connectivity index (χ4n) is 1.53. The molecule has 60 valence electrons. The highest BCUT2D eigenvalue weighted by atomic mass is 16.5. The normalized spacial score (nSPS) is 23.2. The third kappa shape index (κ3) is 1.16. The van der Waals surface area contributed by atoms with E-state index in [4.69, 9.17) is 4.74 Å². The third-order valence-electron chi connectivity index (χ3n) is 2.25. The molecule has 11 heavy (non-hydrogen) atoms. The lowest BCUT2D eigenvalue weighted by atomic mass is 10.1. The third-order valence-corrected chi connectivity index (χ3v) is 2.25. The Balaban J connectivity index is 2.18. The van der Waals surface area contributed by atoms with Crippen molar-refractivity contribution in [3.63, 3.8) is 0 Å². The van der Waals surface area contributed by atoms with E-state index in [0.29, 0.717) is 6.10 Å². The molecule has 1 aromatic heterocycles. The fourth-order valence-corrected chi connectivity index (χ4v) is 1.53. The largest absolute Gasteiger partial charge is 0.380 e. The summed E-state index contributed by atoms with van der Waals surface area (Å²) >= 11 is 0. The molecular formula is C8H12N2O. The minimum atomic E-state index is 0.386. The van der Waals surface area contributed by atoms with Crippen molar-refractivity contribution in [1.82, 2.24) is 9.55 Å². The van der Waals surface area contributed by atoms with E-state index >= 15 is 0 Å². The molecule has 0 saturated carbocycles. The minimum absolute atomic E-state index is 0.386. The van der Waals surface area contributed by atoms with Crippen LogP contribution >= 0.6 is 0 Å². The average molecular weight is 152 g/mol. The fraction of sp³-hybridized carbons (Fsp3) is 0.625. The monoisotopic (exact) mass is 152 g/mol. The molecule has 0 spiro atoms. The first-order valence-corrected chi connectivity index (χ1v) is 3.92. The molecule has 0 bridgehead atoms. The Morgan fingerprint density at radius 3 is 3.45 bits per heavy atom. The SMILES string of the molecule is COC1CCc2cncn2C1. The number of nitrogens with zero attached hydrogens (tertiary/aromatic N) is 2. The number of fused-ring (bicyclic) bond motifs is 1. The van der Waals surface area contributed by atoms with Crippen molar-refractivity contribution in [2.75, 3.05) is 7.11 Å². The summed E-state index contributed by atoms with van der Waals surface area (Å²) in [6, 6.07) is 0. The van der Waals surface area contributed by atoms with Crippen molar-refractivity contribution in [1.29, 1.82) is 0 Å². The minimum Gasteiger partial charge on any atom is -0.380 e. The van der Waals surface area contributed by atoms with Gasteiger partial charge in [0.2, 0.25) is 0 Å². The predicted molar refractivity (Wildman–Crippen MR) is 41.3 cm³/mol. The van der Waals surface area contributed by atoms with Gasteiger partial charge in [-0.1, -0.05) is 0 Å². The molecule has 0 saturated heterocycles. The van der Waals surface area contributed by atoms with E-state index in [0.717, 1.165) is 19.4 Å². The summed E-state index contributed by atoms with van der Waals surface area (Å²) in [4.78, 5) is 4.08. The van der Waals surface area contributed by atoms with Crippen molar-refractivity contribution in [3.05, 3.63) is 18.2 Å². The van der Waals surface area contributed by atoms with E-state index in [9.17, 15) is 0 Å². The summed E-state index contributed by atoms with van der Waals surface area (Å²) in [6.45, 7) is 0.964. The highest BCUT2D eigenvalue weighted by Gasteiger charge is 2.16. The van der Waals surface area contributed by atoms with E-state index in [1.807, 2.05) is 12.5 Å². The van der Waals surface area contributed by atoms with Gasteiger partial charge in [0.1, 0.15) is 0 Å². The first-order valence-electron chi connectivity index (χ1n) is 3.92. The second kappa shape index (κ2) is 2.66. The van der Waals surface area contributed by atoms with Crippen molar-refractivity contribution in [2.45, 2.75) is 25.5 Å². The Morgan fingerprint density at radius 2 is 2.64 bits per heavy atom. The highest BCUT2D eigenvalue weighted by Crippen LogP contribution is 2.15. The van der Waals surface area contributed by atoms with Gasteiger partial charge in [-0.2, -0.15) is 0 Å². The lowest BCUT2D eigenvalue weighted by molar-refractivity contribution is 0.0713. The maximum absolute atomic E-state index is 5.27. The van der Waals surface area contributed by atoms with Crippen LogP contribution < -0.4 is 0 Å². The quantitative estimate of drug-likeness (QED) is 0.596. The van der Waals surface area contributed by atoms with Crippen LogP contribution in [0.15, 0.2) is 12.5 Å². The molecule has 2 heterocycles. The van der Waals surface area contributed by atoms with Crippen molar-refractivity contribution in [3.8, 4) is 0 Å². The van der Waals surface area contributed by atoms with E-state index in [1.54, 1.807) is 7.11 Å². The first-order chi connectivity index (χ1) is 5.40. The van der Waals surface area contributed by atoms with Gasteiger partial charge < -0.3 is 9.30 Å². The molecule has 1 atom stereocenters. The van der Waals surface area contributed by atoms with Crippen LogP contribution in [0.5, 0.6) is 0 Å². The highest BCUT2D eigenvalue weighted by molar-refractivity contribution is 5.02. The molecule has 0 radical (unpaired) electrons.